The first-order valence-corrected chi connectivity index (χ1v) is 9.58. The predicted molar refractivity (Wildman–Crippen MR) is 109 cm³/mol. The van der Waals surface area contributed by atoms with Crippen molar-refractivity contribution in [3.63, 3.8) is 0 Å². The minimum Gasteiger partial charge on any atom is -0.341 e. The van der Waals surface area contributed by atoms with Crippen LogP contribution >= 0.6 is 11.6 Å². The van der Waals surface area contributed by atoms with Crippen molar-refractivity contribution < 1.29 is 14.4 Å². The number of nitrogens with zero attached hydrogens (tertiary/aromatic N) is 1. The third kappa shape index (κ3) is 4.89. The van der Waals surface area contributed by atoms with Gasteiger partial charge in [0.15, 0.2) is 0 Å². The summed E-state index contributed by atoms with van der Waals surface area (Å²) in [5.41, 5.74) is 1.59. The third-order valence-electron chi connectivity index (χ3n) is 4.64. The Labute approximate surface area is 168 Å². The first kappa shape index (κ1) is 19.9. The second kappa shape index (κ2) is 8.89. The SMILES string of the molecule is CC(NC(=O)c1ccc(Cl)cc1)C(=O)Nc1ccc(C(=O)N2CCCC2)cc1. The Hall–Kier alpha value is -2.86. The number of rotatable bonds is 5. The van der Waals surface area contributed by atoms with Gasteiger partial charge in [-0.2, -0.15) is 0 Å². The van der Waals surface area contributed by atoms with E-state index in [4.69, 9.17) is 11.6 Å². The number of amides is 3. The zero-order valence-corrected chi connectivity index (χ0v) is 16.3. The zero-order chi connectivity index (χ0) is 20.1. The number of hydrogen-bond donors (Lipinski definition) is 2. The van der Waals surface area contributed by atoms with E-state index in [0.29, 0.717) is 21.8 Å². The van der Waals surface area contributed by atoms with Crippen molar-refractivity contribution in [2.75, 3.05) is 18.4 Å². The summed E-state index contributed by atoms with van der Waals surface area (Å²) in [6.07, 6.45) is 2.08. The lowest BCUT2D eigenvalue weighted by molar-refractivity contribution is -0.117. The molecule has 2 aromatic rings. The van der Waals surface area contributed by atoms with E-state index in [1.807, 2.05) is 4.90 Å². The molecule has 1 aliphatic heterocycles. The molecule has 2 aromatic carbocycles. The standard InChI is InChI=1S/C21H22ClN3O3/c1-14(23-20(27)15-4-8-17(22)9-5-15)19(26)24-18-10-6-16(7-11-18)21(28)25-12-2-3-13-25/h4-11,14H,2-3,12-13H2,1H3,(H,23,27)(H,24,26). The molecule has 0 saturated carbocycles. The lowest BCUT2D eigenvalue weighted by atomic mass is 10.1. The maximum Gasteiger partial charge on any atom is 0.253 e. The summed E-state index contributed by atoms with van der Waals surface area (Å²) >= 11 is 5.81. The van der Waals surface area contributed by atoms with Crippen LogP contribution in [0, 0.1) is 0 Å². The number of benzene rings is 2. The maximum atomic E-state index is 12.3. The van der Waals surface area contributed by atoms with Crippen LogP contribution in [-0.4, -0.2) is 41.8 Å². The van der Waals surface area contributed by atoms with Gasteiger partial charge in [0.2, 0.25) is 5.91 Å². The van der Waals surface area contributed by atoms with Crippen LogP contribution in [0.15, 0.2) is 48.5 Å². The molecule has 1 atom stereocenters. The normalized spacial score (nSPS) is 14.4. The molecule has 3 amide bonds. The fourth-order valence-electron chi connectivity index (χ4n) is 3.00. The zero-order valence-electron chi connectivity index (χ0n) is 15.6. The van der Waals surface area contributed by atoms with Crippen LogP contribution in [0.5, 0.6) is 0 Å². The largest absolute Gasteiger partial charge is 0.341 e. The number of carbonyl (C=O) groups is 3. The fourth-order valence-corrected chi connectivity index (χ4v) is 3.12. The topological polar surface area (TPSA) is 78.5 Å². The Balaban J connectivity index is 1.55. The number of carbonyl (C=O) groups excluding carboxylic acids is 3. The Bertz CT molecular complexity index is 859. The molecule has 28 heavy (non-hydrogen) atoms. The smallest absolute Gasteiger partial charge is 0.253 e. The molecule has 3 rings (SSSR count). The van der Waals surface area contributed by atoms with Gasteiger partial charge in [-0.05, 0) is 68.3 Å². The summed E-state index contributed by atoms with van der Waals surface area (Å²) < 4.78 is 0. The minimum atomic E-state index is -0.728. The van der Waals surface area contributed by atoms with Crippen LogP contribution in [0.2, 0.25) is 5.02 Å². The number of likely N-dealkylation sites (tertiary alicyclic amines) is 1. The van der Waals surface area contributed by atoms with E-state index in [2.05, 4.69) is 10.6 Å². The van der Waals surface area contributed by atoms with Crippen molar-refractivity contribution in [1.82, 2.24) is 10.2 Å². The number of anilines is 1. The molecule has 2 N–H and O–H groups in total. The Morgan fingerprint density at radius 1 is 0.929 bits per heavy atom. The van der Waals surface area contributed by atoms with Crippen LogP contribution in [0.4, 0.5) is 5.69 Å². The van der Waals surface area contributed by atoms with Gasteiger partial charge in [0, 0.05) is 34.9 Å². The van der Waals surface area contributed by atoms with Gasteiger partial charge >= 0.3 is 0 Å². The summed E-state index contributed by atoms with van der Waals surface area (Å²) in [7, 11) is 0. The summed E-state index contributed by atoms with van der Waals surface area (Å²) in [6.45, 7) is 3.19. The average Bonchev–Trinajstić information content (AvgIpc) is 3.23. The second-order valence-corrected chi connectivity index (χ2v) is 7.20. The van der Waals surface area contributed by atoms with Gasteiger partial charge in [-0.3, -0.25) is 14.4 Å². The molecule has 1 unspecified atom stereocenters. The monoisotopic (exact) mass is 399 g/mol. The first-order chi connectivity index (χ1) is 13.4. The lowest BCUT2D eigenvalue weighted by Crippen LogP contribution is -2.41. The molecule has 1 aliphatic rings. The van der Waals surface area contributed by atoms with E-state index in [-0.39, 0.29) is 17.7 Å². The van der Waals surface area contributed by atoms with Gasteiger partial charge in [0.1, 0.15) is 6.04 Å². The molecular formula is C21H22ClN3O3. The van der Waals surface area contributed by atoms with Crippen LogP contribution in [0.25, 0.3) is 0 Å². The van der Waals surface area contributed by atoms with Crippen molar-refractivity contribution in [3.8, 4) is 0 Å². The van der Waals surface area contributed by atoms with E-state index in [1.54, 1.807) is 55.5 Å². The lowest BCUT2D eigenvalue weighted by Gasteiger charge is -2.16. The van der Waals surface area contributed by atoms with Gasteiger partial charge in [-0.1, -0.05) is 11.6 Å². The minimum absolute atomic E-state index is 0.0129. The molecule has 1 fully saturated rings. The highest BCUT2D eigenvalue weighted by Crippen LogP contribution is 2.16. The van der Waals surface area contributed by atoms with Gasteiger partial charge in [-0.15, -0.1) is 0 Å². The van der Waals surface area contributed by atoms with E-state index >= 15 is 0 Å². The number of hydrogen-bond acceptors (Lipinski definition) is 3. The molecular weight excluding hydrogens is 378 g/mol. The van der Waals surface area contributed by atoms with Crippen LogP contribution < -0.4 is 10.6 Å². The van der Waals surface area contributed by atoms with Crippen molar-refractivity contribution in [3.05, 3.63) is 64.7 Å². The summed E-state index contributed by atoms with van der Waals surface area (Å²) in [6, 6.07) is 12.5. The summed E-state index contributed by atoms with van der Waals surface area (Å²) in [5.74, 6) is -0.689. The molecule has 0 radical (unpaired) electrons. The highest BCUT2D eigenvalue weighted by molar-refractivity contribution is 6.30. The molecule has 7 heteroatoms. The number of nitrogens with one attached hydrogen (secondary N) is 2. The predicted octanol–water partition coefficient (Wildman–Crippen LogP) is 3.33. The highest BCUT2D eigenvalue weighted by Gasteiger charge is 2.20. The van der Waals surface area contributed by atoms with E-state index in [1.165, 1.54) is 0 Å². The van der Waals surface area contributed by atoms with E-state index in [9.17, 15) is 14.4 Å². The molecule has 146 valence electrons. The van der Waals surface area contributed by atoms with Crippen LogP contribution in [-0.2, 0) is 4.79 Å². The summed E-state index contributed by atoms with van der Waals surface area (Å²) in [5, 5.41) is 5.93. The molecule has 0 aliphatic carbocycles. The third-order valence-corrected chi connectivity index (χ3v) is 4.89. The first-order valence-electron chi connectivity index (χ1n) is 9.20. The van der Waals surface area contributed by atoms with Crippen LogP contribution in [0.1, 0.15) is 40.5 Å². The molecule has 0 aromatic heterocycles. The Kier molecular flexibility index (Phi) is 6.31. The molecule has 1 heterocycles. The van der Waals surface area contributed by atoms with Crippen molar-refractivity contribution >= 4 is 35.0 Å². The quantitative estimate of drug-likeness (QED) is 0.809. The Morgan fingerprint density at radius 2 is 1.50 bits per heavy atom. The van der Waals surface area contributed by atoms with E-state index < -0.39 is 6.04 Å². The van der Waals surface area contributed by atoms with Crippen LogP contribution in [0.3, 0.4) is 0 Å². The maximum absolute atomic E-state index is 12.3. The summed E-state index contributed by atoms with van der Waals surface area (Å²) in [4.78, 5) is 38.7. The van der Waals surface area contributed by atoms with Crippen molar-refractivity contribution in [2.45, 2.75) is 25.8 Å². The fraction of sp³-hybridized carbons (Fsp3) is 0.286. The molecule has 0 bridgehead atoms. The van der Waals surface area contributed by atoms with E-state index in [0.717, 1.165) is 25.9 Å². The average molecular weight is 400 g/mol. The van der Waals surface area contributed by atoms with Gasteiger partial charge in [0.25, 0.3) is 11.8 Å². The van der Waals surface area contributed by atoms with Crippen molar-refractivity contribution in [1.29, 1.82) is 0 Å². The highest BCUT2D eigenvalue weighted by atomic mass is 35.5. The second-order valence-electron chi connectivity index (χ2n) is 6.77. The molecule has 6 nitrogen and oxygen atoms in total. The Morgan fingerprint density at radius 3 is 2.11 bits per heavy atom. The molecule has 0 spiro atoms. The number of halogens is 1. The van der Waals surface area contributed by atoms with Crippen molar-refractivity contribution in [2.24, 2.45) is 0 Å². The van der Waals surface area contributed by atoms with Gasteiger partial charge < -0.3 is 15.5 Å². The van der Waals surface area contributed by atoms with Gasteiger partial charge in [0.05, 0.1) is 0 Å². The van der Waals surface area contributed by atoms with Gasteiger partial charge in [-0.25, -0.2) is 0 Å². The molecule has 1 saturated heterocycles.